The summed E-state index contributed by atoms with van der Waals surface area (Å²) >= 11 is 0. The van der Waals surface area contributed by atoms with Crippen LogP contribution in [0.2, 0.25) is 0 Å². The zero-order valence-corrected chi connectivity index (χ0v) is 16.2. The molecule has 0 aliphatic heterocycles. The van der Waals surface area contributed by atoms with Crippen molar-refractivity contribution in [2.45, 2.75) is 25.7 Å². The van der Waals surface area contributed by atoms with E-state index >= 15 is 0 Å². The Morgan fingerprint density at radius 1 is 0.586 bits per heavy atom. The third kappa shape index (κ3) is 2.45. The van der Waals surface area contributed by atoms with E-state index in [1.54, 1.807) is 6.07 Å². The fourth-order valence-electron chi connectivity index (χ4n) is 5.07. The van der Waals surface area contributed by atoms with Gasteiger partial charge in [-0.3, -0.25) is 4.98 Å². The van der Waals surface area contributed by atoms with E-state index in [1.165, 1.54) is 44.6 Å². The van der Waals surface area contributed by atoms with E-state index in [0.717, 1.165) is 36.9 Å². The molecule has 6 rings (SSSR count). The first-order valence-corrected chi connectivity index (χ1v) is 10.3. The molecule has 2 nitrogen and oxygen atoms in total. The fourth-order valence-corrected chi connectivity index (χ4v) is 5.07. The number of aromatic hydroxyl groups is 1. The van der Waals surface area contributed by atoms with Crippen LogP contribution in [0.25, 0.3) is 33.5 Å². The maximum atomic E-state index is 10.6. The minimum absolute atomic E-state index is 0.293. The molecule has 0 radical (unpaired) electrons. The summed E-state index contributed by atoms with van der Waals surface area (Å²) in [6.45, 7) is 0. The van der Waals surface area contributed by atoms with Gasteiger partial charge in [0.05, 0.1) is 5.69 Å². The minimum Gasteiger partial charge on any atom is -0.507 e. The van der Waals surface area contributed by atoms with Crippen molar-refractivity contribution in [2.75, 3.05) is 0 Å². The summed E-state index contributed by atoms with van der Waals surface area (Å²) in [5.41, 5.74) is 12.2. The maximum absolute atomic E-state index is 10.6. The van der Waals surface area contributed by atoms with Crippen molar-refractivity contribution in [2.24, 2.45) is 0 Å². The Labute approximate surface area is 170 Å². The highest BCUT2D eigenvalue weighted by Crippen LogP contribution is 2.48. The summed E-state index contributed by atoms with van der Waals surface area (Å²) in [5, 5.41) is 10.6. The zero-order valence-electron chi connectivity index (χ0n) is 16.2. The number of nitrogens with zero attached hydrogens (tertiary/aromatic N) is 1. The number of aromatic nitrogens is 1. The number of para-hydroxylation sites is 1. The lowest BCUT2D eigenvalue weighted by molar-refractivity contribution is 0.477. The molecule has 0 saturated heterocycles. The van der Waals surface area contributed by atoms with Crippen LogP contribution >= 0.6 is 0 Å². The number of fused-ring (bicyclic) bond motifs is 7. The molecule has 0 bridgehead atoms. The average molecular weight is 375 g/mol. The van der Waals surface area contributed by atoms with Crippen molar-refractivity contribution in [3.8, 4) is 39.3 Å². The van der Waals surface area contributed by atoms with Crippen LogP contribution in [0.15, 0.2) is 72.8 Å². The third-order valence-corrected chi connectivity index (χ3v) is 6.38. The van der Waals surface area contributed by atoms with Crippen LogP contribution in [-0.2, 0) is 25.7 Å². The molecule has 0 fully saturated rings. The van der Waals surface area contributed by atoms with Crippen molar-refractivity contribution in [1.82, 2.24) is 4.98 Å². The monoisotopic (exact) mass is 375 g/mol. The summed E-state index contributed by atoms with van der Waals surface area (Å²) < 4.78 is 0. The van der Waals surface area contributed by atoms with Crippen LogP contribution in [0.5, 0.6) is 5.75 Å². The van der Waals surface area contributed by atoms with Gasteiger partial charge in [0.2, 0.25) is 0 Å². The lowest BCUT2D eigenvalue weighted by atomic mass is 9.76. The van der Waals surface area contributed by atoms with Gasteiger partial charge in [-0.15, -0.1) is 0 Å². The molecule has 29 heavy (non-hydrogen) atoms. The second-order valence-electron chi connectivity index (χ2n) is 7.97. The first kappa shape index (κ1) is 16.6. The predicted octanol–water partition coefficient (Wildman–Crippen LogP) is 5.99. The van der Waals surface area contributed by atoms with Gasteiger partial charge < -0.3 is 5.11 Å². The molecular weight excluding hydrogens is 354 g/mol. The van der Waals surface area contributed by atoms with E-state index < -0.39 is 0 Å². The molecule has 1 aromatic heterocycles. The Kier molecular flexibility index (Phi) is 3.60. The molecule has 0 atom stereocenters. The first-order valence-electron chi connectivity index (χ1n) is 10.3. The maximum Gasteiger partial charge on any atom is 0.124 e. The largest absolute Gasteiger partial charge is 0.507 e. The Bertz CT molecular complexity index is 1270. The van der Waals surface area contributed by atoms with E-state index in [9.17, 15) is 5.11 Å². The lowest BCUT2D eigenvalue weighted by Gasteiger charge is -2.30. The van der Waals surface area contributed by atoms with Crippen LogP contribution in [0.3, 0.4) is 0 Å². The second-order valence-corrected chi connectivity index (χ2v) is 7.97. The molecule has 4 aromatic rings. The number of hydrogen-bond donors (Lipinski definition) is 1. The highest BCUT2D eigenvalue weighted by atomic mass is 16.3. The Balaban J connectivity index is 1.74. The van der Waals surface area contributed by atoms with Gasteiger partial charge in [0.25, 0.3) is 0 Å². The van der Waals surface area contributed by atoms with Gasteiger partial charge in [-0.2, -0.15) is 0 Å². The lowest BCUT2D eigenvalue weighted by Crippen LogP contribution is -2.15. The number of benzene rings is 3. The van der Waals surface area contributed by atoms with Crippen LogP contribution in [0, 0.1) is 0 Å². The van der Waals surface area contributed by atoms with Crippen molar-refractivity contribution in [1.29, 1.82) is 0 Å². The molecule has 0 amide bonds. The van der Waals surface area contributed by atoms with E-state index in [-0.39, 0.29) is 0 Å². The van der Waals surface area contributed by atoms with Crippen molar-refractivity contribution >= 4 is 0 Å². The highest BCUT2D eigenvalue weighted by Gasteiger charge is 2.29. The number of phenolic OH excluding ortho intramolecular Hbond substituents is 1. The molecule has 0 spiro atoms. The molecule has 0 unspecified atom stereocenters. The van der Waals surface area contributed by atoms with E-state index in [2.05, 4.69) is 48.5 Å². The summed E-state index contributed by atoms with van der Waals surface area (Å²) in [4.78, 5) is 5.20. The number of aryl methyl sites for hydroxylation is 3. The fraction of sp³-hybridized carbons (Fsp3) is 0.148. The topological polar surface area (TPSA) is 33.1 Å². The van der Waals surface area contributed by atoms with Crippen molar-refractivity contribution in [3.63, 3.8) is 0 Å². The molecule has 3 aromatic carbocycles. The third-order valence-electron chi connectivity index (χ3n) is 6.38. The van der Waals surface area contributed by atoms with Crippen molar-refractivity contribution < 1.29 is 5.11 Å². The van der Waals surface area contributed by atoms with E-state index in [0.29, 0.717) is 5.75 Å². The summed E-state index contributed by atoms with van der Waals surface area (Å²) in [6, 6.07) is 25.0. The van der Waals surface area contributed by atoms with Gasteiger partial charge in [0, 0.05) is 22.4 Å². The SMILES string of the molecule is Oc1ccccc1-c1nc2c(c3c1-c1ccccc1CC3)-c1ccccc1CC2. The molecule has 2 aliphatic carbocycles. The Hall–Kier alpha value is -3.39. The number of hydrogen-bond acceptors (Lipinski definition) is 2. The van der Waals surface area contributed by atoms with Crippen molar-refractivity contribution in [3.05, 3.63) is 95.2 Å². The molecule has 2 heteroatoms. The van der Waals surface area contributed by atoms with Gasteiger partial charge in [-0.25, -0.2) is 0 Å². The summed E-state index contributed by atoms with van der Waals surface area (Å²) in [6.07, 6.45) is 4.02. The van der Waals surface area contributed by atoms with Gasteiger partial charge in [0.1, 0.15) is 5.75 Å². The summed E-state index contributed by atoms with van der Waals surface area (Å²) in [5.74, 6) is 0.293. The van der Waals surface area contributed by atoms with Crippen LogP contribution in [0.4, 0.5) is 0 Å². The molecule has 140 valence electrons. The molecule has 0 saturated carbocycles. The van der Waals surface area contributed by atoms with Crippen LogP contribution in [0.1, 0.15) is 22.4 Å². The van der Waals surface area contributed by atoms with Crippen LogP contribution in [-0.4, -0.2) is 10.1 Å². The number of phenols is 1. The molecule has 2 aliphatic rings. The highest BCUT2D eigenvalue weighted by molar-refractivity contribution is 5.93. The molecule has 1 heterocycles. The van der Waals surface area contributed by atoms with Gasteiger partial charge in [-0.05, 0) is 65.6 Å². The van der Waals surface area contributed by atoms with E-state index in [4.69, 9.17) is 4.98 Å². The number of rotatable bonds is 1. The number of pyridine rings is 1. The Morgan fingerprint density at radius 2 is 1.17 bits per heavy atom. The second kappa shape index (κ2) is 6.31. The Morgan fingerprint density at radius 3 is 1.90 bits per heavy atom. The summed E-state index contributed by atoms with van der Waals surface area (Å²) in [7, 11) is 0. The average Bonchev–Trinajstić information content (AvgIpc) is 2.78. The predicted molar refractivity (Wildman–Crippen MR) is 117 cm³/mol. The van der Waals surface area contributed by atoms with E-state index in [1.807, 2.05) is 18.2 Å². The van der Waals surface area contributed by atoms with Gasteiger partial charge >= 0.3 is 0 Å². The zero-order chi connectivity index (χ0) is 19.4. The first-order chi connectivity index (χ1) is 14.3. The van der Waals surface area contributed by atoms with Crippen LogP contribution < -0.4 is 0 Å². The standard InChI is InChI=1S/C27H21NO/c29-24-12-6-5-11-21(24)27-26-20-10-4-2-7-17(20)13-15-22(26)25-19-9-3-1-8-18(19)14-16-23(25)28-27/h1-12,29H,13-16H2. The molecular formula is C27H21NO. The van der Waals surface area contributed by atoms with Gasteiger partial charge in [0.15, 0.2) is 0 Å². The molecule has 1 N–H and O–H groups in total. The normalized spacial score (nSPS) is 13.8. The van der Waals surface area contributed by atoms with Gasteiger partial charge in [-0.1, -0.05) is 60.7 Å². The quantitative estimate of drug-likeness (QED) is 0.443. The smallest absolute Gasteiger partial charge is 0.124 e. The minimum atomic E-state index is 0.293.